The van der Waals surface area contributed by atoms with E-state index in [9.17, 15) is 19.2 Å². The highest BCUT2D eigenvalue weighted by molar-refractivity contribution is 6.30. The molecule has 1 aliphatic rings. The highest BCUT2D eigenvalue weighted by atomic mass is 35.5. The number of ether oxygens (including phenoxy) is 1. The summed E-state index contributed by atoms with van der Waals surface area (Å²) < 4.78 is 5.01. The highest BCUT2D eigenvalue weighted by Crippen LogP contribution is 2.22. The highest BCUT2D eigenvalue weighted by Gasteiger charge is 2.37. The number of hydrogen-bond acceptors (Lipinski definition) is 6. The summed E-state index contributed by atoms with van der Waals surface area (Å²) in [6.45, 7) is 0.786. The maximum Gasteiger partial charge on any atom is 0.326 e. The first-order valence-electron chi connectivity index (χ1n) is 7.94. The number of rotatable bonds is 5. The number of hydrogen-bond donors (Lipinski definition) is 1. The van der Waals surface area contributed by atoms with Crippen LogP contribution < -0.4 is 5.32 Å². The molecule has 0 fully saturated rings. The van der Waals surface area contributed by atoms with Gasteiger partial charge in [-0.05, 0) is 31.2 Å². The number of carbonyl (C=O) groups is 4. The molecule has 1 aliphatic heterocycles. The lowest BCUT2D eigenvalue weighted by Gasteiger charge is -2.16. The number of imide groups is 1. The number of amides is 3. The van der Waals surface area contributed by atoms with Crippen molar-refractivity contribution in [3.05, 3.63) is 58.7 Å². The number of esters is 1. The minimum Gasteiger partial charge on any atom is -0.451 e. The quantitative estimate of drug-likeness (QED) is 0.620. The molecule has 0 spiro atoms. The minimum atomic E-state index is -1.15. The standard InChI is InChI=1S/C18H14ClN3O5/c1-10(16(24)21-14-7-6-11(19)8-20-14)27-15(23)9-22-17(25)12-4-2-3-5-13(12)18(22)26/h2-8,10H,9H2,1H3,(H,20,21,24)/t10-/m0/s1. The van der Waals surface area contributed by atoms with Crippen molar-refractivity contribution in [1.29, 1.82) is 0 Å². The van der Waals surface area contributed by atoms with E-state index in [2.05, 4.69) is 10.3 Å². The lowest BCUT2D eigenvalue weighted by Crippen LogP contribution is -2.38. The fraction of sp³-hybridized carbons (Fsp3) is 0.167. The summed E-state index contributed by atoms with van der Waals surface area (Å²) in [5.41, 5.74) is 0.463. The van der Waals surface area contributed by atoms with Crippen molar-refractivity contribution in [2.45, 2.75) is 13.0 Å². The van der Waals surface area contributed by atoms with Crippen LogP contribution in [-0.4, -0.2) is 46.2 Å². The van der Waals surface area contributed by atoms with Crippen LogP contribution in [0.15, 0.2) is 42.6 Å². The Balaban J connectivity index is 1.57. The number of anilines is 1. The molecule has 8 nitrogen and oxygen atoms in total. The third kappa shape index (κ3) is 3.95. The first-order chi connectivity index (χ1) is 12.9. The van der Waals surface area contributed by atoms with Crippen LogP contribution in [0.4, 0.5) is 5.82 Å². The molecule has 1 aromatic carbocycles. The van der Waals surface area contributed by atoms with E-state index in [-0.39, 0.29) is 16.9 Å². The Kier molecular flexibility index (Phi) is 5.18. The number of benzene rings is 1. The first-order valence-corrected chi connectivity index (χ1v) is 8.31. The number of nitrogens with one attached hydrogen (secondary N) is 1. The summed E-state index contributed by atoms with van der Waals surface area (Å²) in [7, 11) is 0. The lowest BCUT2D eigenvalue weighted by molar-refractivity contribution is -0.153. The molecular formula is C18H14ClN3O5. The molecule has 0 saturated heterocycles. The number of halogens is 1. The molecule has 27 heavy (non-hydrogen) atoms. The second-order valence-corrected chi connectivity index (χ2v) is 6.16. The van der Waals surface area contributed by atoms with Crippen LogP contribution >= 0.6 is 11.6 Å². The Morgan fingerprint density at radius 3 is 2.33 bits per heavy atom. The van der Waals surface area contributed by atoms with Crippen LogP contribution in [0, 0.1) is 0 Å². The first kappa shape index (κ1) is 18.5. The molecule has 0 aliphatic carbocycles. The second-order valence-electron chi connectivity index (χ2n) is 5.73. The SMILES string of the molecule is C[C@H](OC(=O)CN1C(=O)c2ccccc2C1=O)C(=O)Nc1ccc(Cl)cn1. The van der Waals surface area contributed by atoms with Crippen molar-refractivity contribution in [2.75, 3.05) is 11.9 Å². The summed E-state index contributed by atoms with van der Waals surface area (Å²) in [5.74, 6) is -2.39. The van der Waals surface area contributed by atoms with Crippen molar-refractivity contribution in [2.24, 2.45) is 0 Å². The van der Waals surface area contributed by atoms with E-state index in [0.29, 0.717) is 5.02 Å². The van der Waals surface area contributed by atoms with Crippen LogP contribution in [0.25, 0.3) is 0 Å². The van der Waals surface area contributed by atoms with Crippen molar-refractivity contribution in [3.63, 3.8) is 0 Å². The predicted octanol–water partition coefficient (Wildman–Crippen LogP) is 1.90. The summed E-state index contributed by atoms with van der Waals surface area (Å²) in [4.78, 5) is 53.3. The molecule has 1 atom stereocenters. The zero-order valence-corrected chi connectivity index (χ0v) is 14.9. The molecular weight excluding hydrogens is 374 g/mol. The maximum atomic E-state index is 12.2. The minimum absolute atomic E-state index is 0.231. The Labute approximate surface area is 159 Å². The van der Waals surface area contributed by atoms with Gasteiger partial charge >= 0.3 is 5.97 Å². The molecule has 3 rings (SSSR count). The van der Waals surface area contributed by atoms with Crippen LogP contribution in [0.5, 0.6) is 0 Å². The van der Waals surface area contributed by atoms with E-state index in [1.807, 2.05) is 0 Å². The normalized spacial score (nSPS) is 13.9. The monoisotopic (exact) mass is 387 g/mol. The van der Waals surface area contributed by atoms with Gasteiger partial charge in [-0.2, -0.15) is 0 Å². The van der Waals surface area contributed by atoms with Gasteiger partial charge in [0, 0.05) is 6.20 Å². The predicted molar refractivity (Wildman–Crippen MR) is 95.2 cm³/mol. The summed E-state index contributed by atoms with van der Waals surface area (Å²) >= 11 is 5.71. The molecule has 0 unspecified atom stereocenters. The van der Waals surface area contributed by atoms with Gasteiger partial charge in [-0.15, -0.1) is 0 Å². The molecule has 2 heterocycles. The van der Waals surface area contributed by atoms with Gasteiger partial charge in [0.2, 0.25) is 0 Å². The fourth-order valence-electron chi connectivity index (χ4n) is 2.48. The third-order valence-corrected chi connectivity index (χ3v) is 4.05. The average Bonchev–Trinajstić information content (AvgIpc) is 2.89. The largest absolute Gasteiger partial charge is 0.451 e. The van der Waals surface area contributed by atoms with Crippen LogP contribution in [-0.2, 0) is 14.3 Å². The zero-order chi connectivity index (χ0) is 19.6. The number of carbonyl (C=O) groups excluding carboxylic acids is 4. The van der Waals surface area contributed by atoms with Gasteiger partial charge in [0.15, 0.2) is 6.10 Å². The van der Waals surface area contributed by atoms with E-state index in [1.165, 1.54) is 31.3 Å². The molecule has 3 amide bonds. The van der Waals surface area contributed by atoms with Crippen molar-refractivity contribution in [3.8, 4) is 0 Å². The molecule has 138 valence electrons. The van der Waals surface area contributed by atoms with Gasteiger partial charge in [-0.1, -0.05) is 23.7 Å². The summed E-state index contributed by atoms with van der Waals surface area (Å²) in [6.07, 6.45) is 0.209. The van der Waals surface area contributed by atoms with Gasteiger partial charge in [-0.3, -0.25) is 24.1 Å². The Hall–Kier alpha value is -3.26. The van der Waals surface area contributed by atoms with Crippen molar-refractivity contribution >= 4 is 41.1 Å². The van der Waals surface area contributed by atoms with Gasteiger partial charge in [0.25, 0.3) is 17.7 Å². The number of fused-ring (bicyclic) bond motifs is 1. The van der Waals surface area contributed by atoms with Crippen LogP contribution in [0.1, 0.15) is 27.6 Å². The molecule has 1 aromatic heterocycles. The summed E-state index contributed by atoms with van der Waals surface area (Å²) in [6, 6.07) is 9.31. The van der Waals surface area contributed by atoms with E-state index >= 15 is 0 Å². The zero-order valence-electron chi connectivity index (χ0n) is 14.1. The average molecular weight is 388 g/mol. The molecule has 1 N–H and O–H groups in total. The van der Waals surface area contributed by atoms with Crippen molar-refractivity contribution in [1.82, 2.24) is 9.88 Å². The van der Waals surface area contributed by atoms with Crippen LogP contribution in [0.2, 0.25) is 5.02 Å². The summed E-state index contributed by atoms with van der Waals surface area (Å²) in [5, 5.41) is 2.88. The second kappa shape index (κ2) is 7.55. The molecule has 0 radical (unpaired) electrons. The smallest absolute Gasteiger partial charge is 0.326 e. The van der Waals surface area contributed by atoms with Crippen molar-refractivity contribution < 1.29 is 23.9 Å². The Bertz CT molecular complexity index is 894. The van der Waals surface area contributed by atoms with Gasteiger partial charge in [0.05, 0.1) is 16.1 Å². The Morgan fingerprint density at radius 1 is 1.15 bits per heavy atom. The lowest BCUT2D eigenvalue weighted by atomic mass is 10.1. The molecule has 9 heteroatoms. The van der Waals surface area contributed by atoms with E-state index in [4.69, 9.17) is 16.3 Å². The van der Waals surface area contributed by atoms with E-state index in [1.54, 1.807) is 18.2 Å². The van der Waals surface area contributed by atoms with E-state index < -0.39 is 36.3 Å². The van der Waals surface area contributed by atoms with Gasteiger partial charge < -0.3 is 10.1 Å². The third-order valence-electron chi connectivity index (χ3n) is 3.82. The van der Waals surface area contributed by atoms with Crippen LogP contribution in [0.3, 0.4) is 0 Å². The van der Waals surface area contributed by atoms with Gasteiger partial charge in [-0.25, -0.2) is 4.98 Å². The number of pyridine rings is 1. The molecule has 0 bridgehead atoms. The number of aromatic nitrogens is 1. The number of nitrogens with zero attached hydrogens (tertiary/aromatic N) is 2. The Morgan fingerprint density at radius 2 is 1.78 bits per heavy atom. The molecule has 2 aromatic rings. The van der Waals surface area contributed by atoms with E-state index in [0.717, 1.165) is 4.90 Å². The topological polar surface area (TPSA) is 106 Å². The van der Waals surface area contributed by atoms with Gasteiger partial charge in [0.1, 0.15) is 12.4 Å². The molecule has 0 saturated carbocycles. The fourth-order valence-corrected chi connectivity index (χ4v) is 2.59. The maximum absolute atomic E-state index is 12.2.